The van der Waals surface area contributed by atoms with Crippen molar-refractivity contribution in [2.45, 2.75) is 6.92 Å². The smallest absolute Gasteiger partial charge is 0.340 e. The molecule has 0 saturated heterocycles. The minimum atomic E-state index is -1.14. The van der Waals surface area contributed by atoms with Crippen LogP contribution in [0.15, 0.2) is 18.2 Å². The van der Waals surface area contributed by atoms with Gasteiger partial charge in [-0.25, -0.2) is 4.79 Å². The van der Waals surface area contributed by atoms with Crippen LogP contribution in [-0.2, 0) is 0 Å². The number of nitrogens with zero attached hydrogens (tertiary/aromatic N) is 1. The Morgan fingerprint density at radius 3 is 2.40 bits per heavy atom. The molecule has 0 fully saturated rings. The first-order valence-electron chi connectivity index (χ1n) is 5.35. The number of carboxylic acid groups (broad SMARTS) is 1. The summed E-state index contributed by atoms with van der Waals surface area (Å²) >= 11 is 12.5. The van der Waals surface area contributed by atoms with E-state index in [1.54, 1.807) is 6.92 Å². The van der Waals surface area contributed by atoms with Gasteiger partial charge in [0, 0.05) is 15.6 Å². The first-order chi connectivity index (χ1) is 9.38. The van der Waals surface area contributed by atoms with Crippen molar-refractivity contribution >= 4 is 51.6 Å². The summed E-state index contributed by atoms with van der Waals surface area (Å²) in [6.45, 7) is 1.56. The molecule has 1 heterocycles. The zero-order chi connectivity index (χ0) is 14.9. The Morgan fingerprint density at radius 2 is 1.85 bits per heavy atom. The lowest BCUT2D eigenvalue weighted by Gasteiger charge is -2.05. The number of aryl methyl sites for hydroxylation is 1. The zero-order valence-corrected chi connectivity index (χ0v) is 12.4. The third-order valence-corrected chi connectivity index (χ3v) is 3.72. The first-order valence-corrected chi connectivity index (χ1v) is 6.88. The number of carboxylic acids is 1. The van der Waals surface area contributed by atoms with Crippen LogP contribution in [0, 0.1) is 6.92 Å². The van der Waals surface area contributed by atoms with E-state index in [1.165, 1.54) is 18.2 Å². The SMILES string of the molecule is Cc1nsc(NC(=O)c2cc(Cl)cc(Cl)c2)c1C(=O)O. The van der Waals surface area contributed by atoms with Gasteiger partial charge in [0.25, 0.3) is 5.91 Å². The van der Waals surface area contributed by atoms with Crippen LogP contribution < -0.4 is 5.32 Å². The van der Waals surface area contributed by atoms with Gasteiger partial charge in [0.1, 0.15) is 10.6 Å². The van der Waals surface area contributed by atoms with Gasteiger partial charge in [-0.3, -0.25) is 4.79 Å². The van der Waals surface area contributed by atoms with Crippen LogP contribution in [0.1, 0.15) is 26.4 Å². The molecule has 0 saturated carbocycles. The van der Waals surface area contributed by atoms with Crippen LogP contribution in [-0.4, -0.2) is 21.4 Å². The zero-order valence-electron chi connectivity index (χ0n) is 10.1. The fraction of sp³-hybridized carbons (Fsp3) is 0.0833. The van der Waals surface area contributed by atoms with Crippen LogP contribution >= 0.6 is 34.7 Å². The number of halogens is 2. The Balaban J connectivity index is 2.30. The summed E-state index contributed by atoms with van der Waals surface area (Å²) in [5.74, 6) is -1.64. The minimum absolute atomic E-state index is 0.0172. The van der Waals surface area contributed by atoms with E-state index in [0.717, 1.165) is 11.5 Å². The highest BCUT2D eigenvalue weighted by Gasteiger charge is 2.20. The summed E-state index contributed by atoms with van der Waals surface area (Å²) in [4.78, 5) is 23.2. The normalized spacial score (nSPS) is 10.3. The highest BCUT2D eigenvalue weighted by atomic mass is 35.5. The van der Waals surface area contributed by atoms with Crippen molar-refractivity contribution in [1.29, 1.82) is 0 Å². The molecule has 20 heavy (non-hydrogen) atoms. The van der Waals surface area contributed by atoms with Crippen molar-refractivity contribution < 1.29 is 14.7 Å². The third-order valence-electron chi connectivity index (χ3n) is 2.43. The maximum atomic E-state index is 12.1. The van der Waals surface area contributed by atoms with E-state index in [0.29, 0.717) is 15.7 Å². The maximum absolute atomic E-state index is 12.1. The molecule has 2 N–H and O–H groups in total. The number of carbonyl (C=O) groups excluding carboxylic acids is 1. The summed E-state index contributed by atoms with van der Waals surface area (Å²) < 4.78 is 3.91. The van der Waals surface area contributed by atoms with Gasteiger partial charge in [-0.05, 0) is 36.7 Å². The quantitative estimate of drug-likeness (QED) is 0.899. The maximum Gasteiger partial charge on any atom is 0.340 e. The monoisotopic (exact) mass is 330 g/mol. The summed E-state index contributed by atoms with van der Waals surface area (Å²) in [7, 11) is 0. The van der Waals surface area contributed by atoms with Gasteiger partial charge in [0.15, 0.2) is 0 Å². The summed E-state index contributed by atoms with van der Waals surface area (Å²) in [5.41, 5.74) is 0.572. The van der Waals surface area contributed by atoms with Crippen LogP contribution in [0.3, 0.4) is 0 Å². The number of hydrogen-bond donors (Lipinski definition) is 2. The summed E-state index contributed by atoms with van der Waals surface area (Å²) in [6.07, 6.45) is 0. The predicted octanol–water partition coefficient (Wildman–Crippen LogP) is 3.71. The number of anilines is 1. The van der Waals surface area contributed by atoms with Gasteiger partial charge in [-0.2, -0.15) is 4.37 Å². The van der Waals surface area contributed by atoms with Gasteiger partial charge >= 0.3 is 5.97 Å². The topological polar surface area (TPSA) is 79.3 Å². The van der Waals surface area contributed by atoms with Crippen LogP contribution in [0.25, 0.3) is 0 Å². The second-order valence-corrected chi connectivity index (χ2v) is 5.54. The Kier molecular flexibility index (Phi) is 4.27. The second-order valence-electron chi connectivity index (χ2n) is 3.89. The van der Waals surface area contributed by atoms with Crippen molar-refractivity contribution in [2.75, 3.05) is 5.32 Å². The van der Waals surface area contributed by atoms with E-state index in [4.69, 9.17) is 28.3 Å². The molecule has 1 aromatic carbocycles. The molecule has 0 aliphatic rings. The van der Waals surface area contributed by atoms with Gasteiger partial charge in [-0.15, -0.1) is 0 Å². The lowest BCUT2D eigenvalue weighted by atomic mass is 10.2. The Labute approximate surface area is 128 Å². The first kappa shape index (κ1) is 14.8. The third kappa shape index (κ3) is 3.09. The van der Waals surface area contributed by atoms with Crippen molar-refractivity contribution in [3.05, 3.63) is 45.1 Å². The number of benzene rings is 1. The molecule has 2 rings (SSSR count). The Hall–Kier alpha value is -1.63. The molecule has 0 aliphatic carbocycles. The number of carbonyl (C=O) groups is 2. The van der Waals surface area contributed by atoms with E-state index in [1.807, 2.05) is 0 Å². The molecular formula is C12H8Cl2N2O3S. The van der Waals surface area contributed by atoms with E-state index in [9.17, 15) is 9.59 Å². The standard InChI is InChI=1S/C12H8Cl2N2O3S/c1-5-9(12(18)19)11(20-16-5)15-10(17)6-2-7(13)4-8(14)3-6/h2-4H,1H3,(H,15,17)(H,18,19). The number of aromatic carboxylic acids is 1. The minimum Gasteiger partial charge on any atom is -0.478 e. The van der Waals surface area contributed by atoms with E-state index in [2.05, 4.69) is 9.69 Å². The molecule has 1 amide bonds. The number of nitrogens with one attached hydrogen (secondary N) is 1. The van der Waals surface area contributed by atoms with Crippen LogP contribution in [0.5, 0.6) is 0 Å². The fourth-order valence-electron chi connectivity index (χ4n) is 1.57. The molecule has 0 atom stereocenters. The molecule has 8 heteroatoms. The number of rotatable bonds is 3. The molecule has 0 radical (unpaired) electrons. The molecule has 0 spiro atoms. The largest absolute Gasteiger partial charge is 0.478 e. The molecule has 1 aromatic heterocycles. The fourth-order valence-corrected chi connectivity index (χ4v) is 2.88. The molecule has 104 valence electrons. The Bertz CT molecular complexity index is 680. The molecule has 0 bridgehead atoms. The summed E-state index contributed by atoms with van der Waals surface area (Å²) in [5, 5.41) is 12.4. The molecular weight excluding hydrogens is 323 g/mol. The van der Waals surface area contributed by atoms with Crippen LogP contribution in [0.4, 0.5) is 5.00 Å². The predicted molar refractivity (Wildman–Crippen MR) is 78.2 cm³/mol. The summed E-state index contributed by atoms with van der Waals surface area (Å²) in [6, 6.07) is 4.38. The van der Waals surface area contributed by atoms with Gasteiger partial charge in [0.05, 0.1) is 5.69 Å². The second kappa shape index (κ2) is 5.78. The van der Waals surface area contributed by atoms with Crippen LogP contribution in [0.2, 0.25) is 10.0 Å². The highest BCUT2D eigenvalue weighted by molar-refractivity contribution is 7.11. The van der Waals surface area contributed by atoms with Crippen molar-refractivity contribution in [2.24, 2.45) is 0 Å². The number of aromatic nitrogens is 1. The van der Waals surface area contributed by atoms with Crippen molar-refractivity contribution in [1.82, 2.24) is 4.37 Å². The van der Waals surface area contributed by atoms with E-state index in [-0.39, 0.29) is 16.1 Å². The Morgan fingerprint density at radius 1 is 1.25 bits per heavy atom. The van der Waals surface area contributed by atoms with E-state index >= 15 is 0 Å². The number of hydrogen-bond acceptors (Lipinski definition) is 4. The van der Waals surface area contributed by atoms with Gasteiger partial charge < -0.3 is 10.4 Å². The average molecular weight is 331 g/mol. The lowest BCUT2D eigenvalue weighted by Crippen LogP contribution is -2.13. The van der Waals surface area contributed by atoms with Gasteiger partial charge in [0.2, 0.25) is 0 Å². The number of amides is 1. The van der Waals surface area contributed by atoms with E-state index < -0.39 is 11.9 Å². The lowest BCUT2D eigenvalue weighted by molar-refractivity contribution is 0.0697. The molecule has 5 nitrogen and oxygen atoms in total. The molecule has 2 aromatic rings. The molecule has 0 unspecified atom stereocenters. The highest BCUT2D eigenvalue weighted by Crippen LogP contribution is 2.26. The molecule has 0 aliphatic heterocycles. The average Bonchev–Trinajstić information content (AvgIpc) is 2.69. The van der Waals surface area contributed by atoms with Crippen molar-refractivity contribution in [3.8, 4) is 0 Å². The van der Waals surface area contributed by atoms with Gasteiger partial charge in [-0.1, -0.05) is 23.2 Å². The van der Waals surface area contributed by atoms with Crippen molar-refractivity contribution in [3.63, 3.8) is 0 Å².